The Hall–Kier alpha value is -3.10. The number of aromatic nitrogens is 2. The van der Waals surface area contributed by atoms with Crippen LogP contribution in [0.3, 0.4) is 0 Å². The molecular formula is C23H34N6O3. The summed E-state index contributed by atoms with van der Waals surface area (Å²) in [7, 11) is 1.64. The van der Waals surface area contributed by atoms with Gasteiger partial charge in [0.2, 0.25) is 17.6 Å². The van der Waals surface area contributed by atoms with Gasteiger partial charge in [-0.25, -0.2) is 4.99 Å². The fourth-order valence-electron chi connectivity index (χ4n) is 3.55. The van der Waals surface area contributed by atoms with Gasteiger partial charge < -0.3 is 24.8 Å². The molecule has 0 aliphatic carbocycles. The number of carbonyl (C=O) groups is 1. The molecule has 1 saturated heterocycles. The molecule has 1 aromatic heterocycles. The topological polar surface area (TPSA) is 105 Å². The number of amides is 1. The fourth-order valence-corrected chi connectivity index (χ4v) is 3.55. The standard InChI is InChI=1S/C23H34N6O3/c1-3-24-23(26-17-21(30)29-15-7-8-16-29)25-14-6-4-5-9-20-27-22(28-32-20)18-10-12-19(31-2)13-11-18/h10-13H,3-9,14-17H2,1-2H3,(H2,24,25,26). The van der Waals surface area contributed by atoms with E-state index in [1.807, 2.05) is 36.1 Å². The van der Waals surface area contributed by atoms with Crippen LogP contribution < -0.4 is 15.4 Å². The van der Waals surface area contributed by atoms with Gasteiger partial charge >= 0.3 is 0 Å². The Morgan fingerprint density at radius 1 is 1.16 bits per heavy atom. The highest BCUT2D eigenvalue weighted by Crippen LogP contribution is 2.20. The molecule has 32 heavy (non-hydrogen) atoms. The number of hydrogen-bond donors (Lipinski definition) is 2. The molecule has 2 N–H and O–H groups in total. The van der Waals surface area contributed by atoms with Gasteiger partial charge in [-0.05, 0) is 56.9 Å². The molecule has 9 heteroatoms. The number of nitrogens with one attached hydrogen (secondary N) is 2. The predicted molar refractivity (Wildman–Crippen MR) is 124 cm³/mol. The van der Waals surface area contributed by atoms with Crippen molar-refractivity contribution in [3.05, 3.63) is 30.2 Å². The van der Waals surface area contributed by atoms with E-state index in [2.05, 4.69) is 25.8 Å². The molecule has 2 heterocycles. The van der Waals surface area contributed by atoms with Crippen LogP contribution in [-0.2, 0) is 11.2 Å². The Bertz CT molecular complexity index is 859. The molecular weight excluding hydrogens is 408 g/mol. The number of unbranched alkanes of at least 4 members (excludes halogenated alkanes) is 2. The molecule has 174 valence electrons. The van der Waals surface area contributed by atoms with Crippen LogP contribution in [0.15, 0.2) is 33.8 Å². The maximum absolute atomic E-state index is 12.2. The van der Waals surface area contributed by atoms with E-state index in [1.54, 1.807) is 7.11 Å². The van der Waals surface area contributed by atoms with E-state index < -0.39 is 0 Å². The second-order valence-corrected chi connectivity index (χ2v) is 7.76. The van der Waals surface area contributed by atoms with Gasteiger partial charge in [0.25, 0.3) is 0 Å². The lowest BCUT2D eigenvalue weighted by Crippen LogP contribution is -2.39. The number of rotatable bonds is 11. The van der Waals surface area contributed by atoms with Crippen molar-refractivity contribution in [1.29, 1.82) is 0 Å². The van der Waals surface area contributed by atoms with Crippen LogP contribution in [0.4, 0.5) is 0 Å². The van der Waals surface area contributed by atoms with Gasteiger partial charge in [-0.1, -0.05) is 11.6 Å². The average molecular weight is 443 g/mol. The van der Waals surface area contributed by atoms with Gasteiger partial charge in [-0.15, -0.1) is 0 Å². The zero-order valence-electron chi connectivity index (χ0n) is 19.1. The lowest BCUT2D eigenvalue weighted by atomic mass is 10.2. The third-order valence-electron chi connectivity index (χ3n) is 5.35. The zero-order chi connectivity index (χ0) is 22.6. The number of hydrogen-bond acceptors (Lipinski definition) is 6. The van der Waals surface area contributed by atoms with Crippen molar-refractivity contribution in [3.63, 3.8) is 0 Å². The molecule has 3 rings (SSSR count). The Morgan fingerprint density at radius 3 is 2.66 bits per heavy atom. The summed E-state index contributed by atoms with van der Waals surface area (Å²) in [6.45, 7) is 5.50. The first-order valence-electron chi connectivity index (χ1n) is 11.5. The first-order chi connectivity index (χ1) is 15.7. The number of guanidine groups is 1. The first-order valence-corrected chi connectivity index (χ1v) is 11.5. The summed E-state index contributed by atoms with van der Waals surface area (Å²) in [6, 6.07) is 7.60. The number of aryl methyl sites for hydroxylation is 1. The van der Waals surface area contributed by atoms with E-state index in [9.17, 15) is 4.79 Å². The van der Waals surface area contributed by atoms with Crippen molar-refractivity contribution < 1.29 is 14.1 Å². The smallest absolute Gasteiger partial charge is 0.244 e. The van der Waals surface area contributed by atoms with Crippen molar-refractivity contribution in [1.82, 2.24) is 25.7 Å². The molecule has 0 spiro atoms. The van der Waals surface area contributed by atoms with Crippen molar-refractivity contribution >= 4 is 11.9 Å². The minimum absolute atomic E-state index is 0.105. The number of ether oxygens (including phenoxy) is 1. The largest absolute Gasteiger partial charge is 0.497 e. The minimum Gasteiger partial charge on any atom is -0.497 e. The number of carbonyl (C=O) groups excluding carboxylic acids is 1. The summed E-state index contributed by atoms with van der Waals surface area (Å²) in [5.74, 6) is 2.85. The second-order valence-electron chi connectivity index (χ2n) is 7.76. The van der Waals surface area contributed by atoms with Gasteiger partial charge in [-0.2, -0.15) is 4.98 Å². The van der Waals surface area contributed by atoms with Crippen LogP contribution in [0.25, 0.3) is 11.4 Å². The number of aliphatic imine (C=N–C) groups is 1. The molecule has 1 aromatic carbocycles. The summed E-state index contributed by atoms with van der Waals surface area (Å²) in [6.07, 6.45) is 5.93. The number of methoxy groups -OCH3 is 1. The Balaban J connectivity index is 1.34. The van der Waals surface area contributed by atoms with Gasteiger partial charge in [-0.3, -0.25) is 4.79 Å². The van der Waals surface area contributed by atoms with Gasteiger partial charge in [0.05, 0.1) is 7.11 Å². The molecule has 0 saturated carbocycles. The first kappa shape index (κ1) is 23.6. The highest BCUT2D eigenvalue weighted by Gasteiger charge is 2.17. The Morgan fingerprint density at radius 2 is 1.94 bits per heavy atom. The fraction of sp³-hybridized carbons (Fsp3) is 0.565. The SMILES string of the molecule is CCNC(=NCC(=O)N1CCCC1)NCCCCCc1nc(-c2ccc(OC)cc2)no1. The maximum Gasteiger partial charge on any atom is 0.244 e. The van der Waals surface area contributed by atoms with E-state index in [-0.39, 0.29) is 12.5 Å². The zero-order valence-corrected chi connectivity index (χ0v) is 19.1. The normalized spacial score (nSPS) is 13.9. The van der Waals surface area contributed by atoms with Crippen LogP contribution in [-0.4, -0.2) is 66.7 Å². The number of likely N-dealkylation sites (tertiary alicyclic amines) is 1. The van der Waals surface area contributed by atoms with Crippen LogP contribution in [0, 0.1) is 0 Å². The van der Waals surface area contributed by atoms with Crippen molar-refractivity contribution in [2.24, 2.45) is 4.99 Å². The highest BCUT2D eigenvalue weighted by atomic mass is 16.5. The Kier molecular flexibility index (Phi) is 9.34. The molecule has 1 aliphatic heterocycles. The third kappa shape index (κ3) is 7.25. The Labute approximate surface area is 189 Å². The van der Waals surface area contributed by atoms with Gasteiger partial charge in [0.1, 0.15) is 12.3 Å². The van der Waals surface area contributed by atoms with Crippen LogP contribution in [0.2, 0.25) is 0 Å². The quantitative estimate of drug-likeness (QED) is 0.313. The number of nitrogens with zero attached hydrogens (tertiary/aromatic N) is 4. The maximum atomic E-state index is 12.2. The van der Waals surface area contributed by atoms with Crippen LogP contribution in [0.1, 0.15) is 44.9 Å². The van der Waals surface area contributed by atoms with Crippen LogP contribution >= 0.6 is 0 Å². The molecule has 0 atom stereocenters. The van der Waals surface area contributed by atoms with E-state index in [1.165, 1.54) is 0 Å². The van der Waals surface area contributed by atoms with Crippen molar-refractivity contribution in [2.75, 3.05) is 39.8 Å². The molecule has 0 unspecified atom stereocenters. The molecule has 1 amide bonds. The molecule has 1 aliphatic rings. The lowest BCUT2D eigenvalue weighted by Gasteiger charge is -2.15. The van der Waals surface area contributed by atoms with Crippen molar-refractivity contribution in [2.45, 2.75) is 45.4 Å². The minimum atomic E-state index is 0.105. The summed E-state index contributed by atoms with van der Waals surface area (Å²) in [5, 5.41) is 10.6. The van der Waals surface area contributed by atoms with E-state index in [0.717, 1.165) is 76.0 Å². The van der Waals surface area contributed by atoms with Gasteiger partial charge in [0, 0.05) is 38.2 Å². The van der Waals surface area contributed by atoms with E-state index >= 15 is 0 Å². The summed E-state index contributed by atoms with van der Waals surface area (Å²) >= 11 is 0. The third-order valence-corrected chi connectivity index (χ3v) is 5.35. The van der Waals surface area contributed by atoms with E-state index in [4.69, 9.17) is 9.26 Å². The summed E-state index contributed by atoms with van der Waals surface area (Å²) in [4.78, 5) is 23.0. The molecule has 0 bridgehead atoms. The van der Waals surface area contributed by atoms with Crippen molar-refractivity contribution in [3.8, 4) is 17.1 Å². The average Bonchev–Trinajstić information content (AvgIpc) is 3.52. The summed E-state index contributed by atoms with van der Waals surface area (Å²) < 4.78 is 10.5. The highest BCUT2D eigenvalue weighted by molar-refractivity contribution is 5.85. The predicted octanol–water partition coefficient (Wildman–Crippen LogP) is 2.64. The monoisotopic (exact) mass is 442 g/mol. The summed E-state index contributed by atoms with van der Waals surface area (Å²) in [5.41, 5.74) is 0.906. The lowest BCUT2D eigenvalue weighted by molar-refractivity contribution is -0.128. The second kappa shape index (κ2) is 12.7. The van der Waals surface area contributed by atoms with Crippen LogP contribution in [0.5, 0.6) is 5.75 Å². The van der Waals surface area contributed by atoms with Gasteiger partial charge in [0.15, 0.2) is 5.96 Å². The molecule has 2 aromatic rings. The molecule has 1 fully saturated rings. The molecule has 0 radical (unpaired) electrons. The molecule has 9 nitrogen and oxygen atoms in total. The van der Waals surface area contributed by atoms with E-state index in [0.29, 0.717) is 17.7 Å². The number of benzene rings is 1.